The maximum atomic E-state index is 6.50. The van der Waals surface area contributed by atoms with E-state index in [1.54, 1.807) is 0 Å². The van der Waals surface area contributed by atoms with Gasteiger partial charge in [-0.15, -0.1) is 0 Å². The fourth-order valence-electron chi connectivity index (χ4n) is 3.11. The lowest BCUT2D eigenvalue weighted by molar-refractivity contribution is 1.08. The largest absolute Gasteiger partial charge is 0.274 e. The van der Waals surface area contributed by atoms with E-state index in [0.29, 0.717) is 27.2 Å². The number of hydrogen-bond donors (Lipinski definition) is 0. The van der Waals surface area contributed by atoms with E-state index in [1.807, 2.05) is 77.4 Å². The topological polar surface area (TPSA) is 43.6 Å². The zero-order valence-corrected chi connectivity index (χ0v) is 15.5. The Morgan fingerprint density at radius 3 is 2.07 bits per heavy atom. The van der Waals surface area contributed by atoms with Crippen molar-refractivity contribution in [3.8, 4) is 17.1 Å². The predicted molar refractivity (Wildman–Crippen MR) is 110 cm³/mol. The Hall–Kier alpha value is -2.95. The second-order valence-electron chi connectivity index (χ2n) is 6.09. The first-order valence-corrected chi connectivity index (χ1v) is 9.12. The van der Waals surface area contributed by atoms with Crippen LogP contribution in [0.15, 0.2) is 72.8 Å². The molecule has 0 saturated heterocycles. The number of fused-ring (bicyclic) bond motifs is 2. The van der Waals surface area contributed by atoms with Crippen molar-refractivity contribution in [1.82, 2.24) is 19.5 Å². The fourth-order valence-corrected chi connectivity index (χ4v) is 3.46. The first-order chi connectivity index (χ1) is 13.2. The van der Waals surface area contributed by atoms with E-state index in [2.05, 4.69) is 0 Å². The Balaban J connectivity index is 1.90. The minimum absolute atomic E-state index is 0.568. The average molecular weight is 391 g/mol. The van der Waals surface area contributed by atoms with Gasteiger partial charge in [0.1, 0.15) is 5.82 Å². The SMILES string of the molecule is Clc1ccc(-c2nc3nc4ccccc4nc3n2-c2ccccc2Cl)cc1. The molecule has 0 saturated carbocycles. The summed E-state index contributed by atoms with van der Waals surface area (Å²) in [6.07, 6.45) is 0. The normalized spacial score (nSPS) is 11.3. The molecule has 5 aromatic rings. The second-order valence-corrected chi connectivity index (χ2v) is 6.93. The van der Waals surface area contributed by atoms with E-state index < -0.39 is 0 Å². The van der Waals surface area contributed by atoms with Crippen LogP contribution < -0.4 is 0 Å². The predicted octanol–water partition coefficient (Wildman–Crippen LogP) is 5.94. The number of halogens is 2. The number of aromatic nitrogens is 4. The van der Waals surface area contributed by atoms with Gasteiger partial charge in [-0.3, -0.25) is 4.57 Å². The molecule has 3 aromatic carbocycles. The van der Waals surface area contributed by atoms with E-state index >= 15 is 0 Å². The molecule has 6 heteroatoms. The van der Waals surface area contributed by atoms with Crippen LogP contribution in [0.25, 0.3) is 39.4 Å². The highest BCUT2D eigenvalue weighted by Gasteiger charge is 2.19. The quantitative estimate of drug-likeness (QED) is 0.374. The molecule has 0 spiro atoms. The van der Waals surface area contributed by atoms with Crippen LogP contribution in [-0.4, -0.2) is 19.5 Å². The molecule has 0 amide bonds. The van der Waals surface area contributed by atoms with Crippen LogP contribution in [0.5, 0.6) is 0 Å². The van der Waals surface area contributed by atoms with E-state index in [1.165, 1.54) is 0 Å². The third-order valence-corrected chi connectivity index (χ3v) is 4.94. The molecule has 0 N–H and O–H groups in total. The van der Waals surface area contributed by atoms with Gasteiger partial charge < -0.3 is 0 Å². The van der Waals surface area contributed by atoms with Crippen LogP contribution in [0.4, 0.5) is 0 Å². The fraction of sp³-hybridized carbons (Fsp3) is 0. The molecule has 0 atom stereocenters. The molecule has 130 valence electrons. The molecular weight excluding hydrogens is 379 g/mol. The minimum atomic E-state index is 0.568. The first kappa shape index (κ1) is 16.2. The number of imidazole rings is 1. The van der Waals surface area contributed by atoms with Crippen LogP contribution in [0.3, 0.4) is 0 Å². The first-order valence-electron chi connectivity index (χ1n) is 8.37. The van der Waals surface area contributed by atoms with Gasteiger partial charge in [0, 0.05) is 10.6 Å². The summed E-state index contributed by atoms with van der Waals surface area (Å²) in [4.78, 5) is 14.3. The van der Waals surface area contributed by atoms with Crippen molar-refractivity contribution in [1.29, 1.82) is 0 Å². The maximum absolute atomic E-state index is 6.50. The third kappa shape index (κ3) is 2.74. The summed E-state index contributed by atoms with van der Waals surface area (Å²) in [5.41, 5.74) is 4.54. The molecule has 5 rings (SSSR count). The number of rotatable bonds is 2. The van der Waals surface area contributed by atoms with Crippen molar-refractivity contribution < 1.29 is 0 Å². The van der Waals surface area contributed by atoms with Crippen molar-refractivity contribution in [2.45, 2.75) is 0 Å². The Morgan fingerprint density at radius 2 is 1.33 bits per heavy atom. The lowest BCUT2D eigenvalue weighted by Gasteiger charge is -2.10. The number of hydrogen-bond acceptors (Lipinski definition) is 3. The number of para-hydroxylation sites is 3. The Bertz CT molecular complexity index is 1290. The lowest BCUT2D eigenvalue weighted by atomic mass is 10.2. The van der Waals surface area contributed by atoms with Gasteiger partial charge in [0.15, 0.2) is 11.3 Å². The molecule has 0 radical (unpaired) electrons. The monoisotopic (exact) mass is 390 g/mol. The molecule has 0 unspecified atom stereocenters. The molecule has 0 fully saturated rings. The van der Waals surface area contributed by atoms with Crippen LogP contribution >= 0.6 is 23.2 Å². The van der Waals surface area contributed by atoms with Gasteiger partial charge in [0.2, 0.25) is 0 Å². The summed E-state index contributed by atoms with van der Waals surface area (Å²) >= 11 is 12.6. The van der Waals surface area contributed by atoms with Gasteiger partial charge in [-0.25, -0.2) is 15.0 Å². The summed E-state index contributed by atoms with van der Waals surface area (Å²) in [6.45, 7) is 0. The summed E-state index contributed by atoms with van der Waals surface area (Å²) in [5, 5.41) is 1.28. The molecule has 0 aliphatic heterocycles. The molecular formula is C21H12Cl2N4. The third-order valence-electron chi connectivity index (χ3n) is 4.37. The highest BCUT2D eigenvalue weighted by Crippen LogP contribution is 2.31. The maximum Gasteiger partial charge on any atom is 0.199 e. The van der Waals surface area contributed by atoms with Crippen LogP contribution in [0, 0.1) is 0 Å². The van der Waals surface area contributed by atoms with Crippen molar-refractivity contribution >= 4 is 45.5 Å². The summed E-state index contributed by atoms with van der Waals surface area (Å²) in [7, 11) is 0. The summed E-state index contributed by atoms with van der Waals surface area (Å²) < 4.78 is 1.94. The van der Waals surface area contributed by atoms with E-state index in [0.717, 1.165) is 22.3 Å². The van der Waals surface area contributed by atoms with E-state index in [4.69, 9.17) is 38.2 Å². The van der Waals surface area contributed by atoms with Crippen molar-refractivity contribution in [3.05, 3.63) is 82.8 Å². The zero-order chi connectivity index (χ0) is 18.4. The number of benzene rings is 3. The van der Waals surface area contributed by atoms with Crippen LogP contribution in [0.2, 0.25) is 10.0 Å². The van der Waals surface area contributed by atoms with E-state index in [9.17, 15) is 0 Å². The molecule has 0 aliphatic carbocycles. The molecule has 0 bridgehead atoms. The van der Waals surface area contributed by atoms with Gasteiger partial charge in [0.25, 0.3) is 0 Å². The highest BCUT2D eigenvalue weighted by atomic mass is 35.5. The second kappa shape index (κ2) is 6.34. The molecule has 4 nitrogen and oxygen atoms in total. The Labute approximate surface area is 165 Å². The van der Waals surface area contributed by atoms with Crippen LogP contribution in [-0.2, 0) is 0 Å². The van der Waals surface area contributed by atoms with Gasteiger partial charge in [-0.1, -0.05) is 47.5 Å². The van der Waals surface area contributed by atoms with E-state index in [-0.39, 0.29) is 0 Å². The van der Waals surface area contributed by atoms with Crippen molar-refractivity contribution in [2.75, 3.05) is 0 Å². The minimum Gasteiger partial charge on any atom is -0.274 e. The van der Waals surface area contributed by atoms with Gasteiger partial charge >= 0.3 is 0 Å². The molecule has 2 heterocycles. The van der Waals surface area contributed by atoms with Crippen LogP contribution in [0.1, 0.15) is 0 Å². The highest BCUT2D eigenvalue weighted by molar-refractivity contribution is 6.32. The van der Waals surface area contributed by atoms with Crippen molar-refractivity contribution in [2.24, 2.45) is 0 Å². The van der Waals surface area contributed by atoms with Gasteiger partial charge in [0.05, 0.1) is 21.7 Å². The van der Waals surface area contributed by atoms with Gasteiger partial charge in [-0.05, 0) is 48.5 Å². The lowest BCUT2D eigenvalue weighted by Crippen LogP contribution is -2.00. The smallest absolute Gasteiger partial charge is 0.199 e. The molecule has 0 aliphatic rings. The zero-order valence-electron chi connectivity index (χ0n) is 14.0. The standard InChI is InChI=1S/C21H12Cl2N4/c22-14-11-9-13(10-12-14)20-26-19-21(25-17-7-3-2-6-16(17)24-19)27(20)18-8-4-1-5-15(18)23/h1-12H. The summed E-state index contributed by atoms with van der Waals surface area (Å²) in [5.74, 6) is 0.713. The van der Waals surface area contributed by atoms with Gasteiger partial charge in [-0.2, -0.15) is 0 Å². The number of nitrogens with zero attached hydrogens (tertiary/aromatic N) is 4. The Kier molecular flexibility index (Phi) is 3.81. The molecule has 2 aromatic heterocycles. The summed E-state index contributed by atoms with van der Waals surface area (Å²) in [6, 6.07) is 22.9. The van der Waals surface area contributed by atoms with Crippen molar-refractivity contribution in [3.63, 3.8) is 0 Å². The Morgan fingerprint density at radius 1 is 0.667 bits per heavy atom. The average Bonchev–Trinajstić information content (AvgIpc) is 3.05. The molecule has 27 heavy (non-hydrogen) atoms.